The Morgan fingerprint density at radius 1 is 0.944 bits per heavy atom. The minimum atomic E-state index is -1.06. The molecule has 0 aromatic heterocycles. The Morgan fingerprint density at radius 3 is 2.00 bits per heavy atom. The molecule has 3 aromatic rings. The van der Waals surface area contributed by atoms with Gasteiger partial charge in [-0.1, -0.05) is 74.5 Å². The smallest absolute Gasteiger partial charge is 0.227 e. The zero-order valence-corrected chi connectivity index (χ0v) is 21.4. The lowest BCUT2D eigenvalue weighted by Gasteiger charge is -2.43. The lowest BCUT2D eigenvalue weighted by atomic mass is 9.72. The van der Waals surface area contributed by atoms with Gasteiger partial charge in [0.05, 0.1) is 6.61 Å². The number of nitrogens with zero attached hydrogens (tertiary/aromatic N) is 1. The lowest BCUT2D eigenvalue weighted by molar-refractivity contribution is -0.120. The first-order valence-corrected chi connectivity index (χ1v) is 13.1. The summed E-state index contributed by atoms with van der Waals surface area (Å²) in [4.78, 5) is 14.8. The molecule has 3 N–H and O–H groups in total. The SMILES string of the molecule is CCC(CC)C(=O)Nc1ccc(N2CCC(C(O)(c3ccccc3)c3ccccc3)CC2)c(CO)c1. The zero-order valence-electron chi connectivity index (χ0n) is 21.4. The summed E-state index contributed by atoms with van der Waals surface area (Å²) in [7, 11) is 0. The van der Waals surface area contributed by atoms with Crippen LogP contribution in [-0.4, -0.2) is 29.2 Å². The van der Waals surface area contributed by atoms with Crippen LogP contribution in [0.15, 0.2) is 78.9 Å². The number of hydrogen-bond donors (Lipinski definition) is 3. The molecule has 1 saturated heterocycles. The molecule has 0 atom stereocenters. The van der Waals surface area contributed by atoms with Crippen LogP contribution in [0.25, 0.3) is 0 Å². The molecule has 5 nitrogen and oxygen atoms in total. The summed E-state index contributed by atoms with van der Waals surface area (Å²) in [5, 5.41) is 25.3. The molecule has 0 aliphatic carbocycles. The molecule has 0 saturated carbocycles. The van der Waals surface area contributed by atoms with E-state index in [4.69, 9.17) is 0 Å². The van der Waals surface area contributed by atoms with E-state index in [1.165, 1.54) is 0 Å². The van der Waals surface area contributed by atoms with Gasteiger partial charge in [-0.2, -0.15) is 0 Å². The summed E-state index contributed by atoms with van der Waals surface area (Å²) in [5.74, 6) is 0.0857. The van der Waals surface area contributed by atoms with E-state index in [1.807, 2.05) is 92.7 Å². The Kier molecular flexibility index (Phi) is 8.44. The van der Waals surface area contributed by atoms with E-state index < -0.39 is 5.60 Å². The van der Waals surface area contributed by atoms with Crippen LogP contribution in [0.1, 0.15) is 56.2 Å². The number of aliphatic hydroxyl groups excluding tert-OH is 1. The zero-order chi connectivity index (χ0) is 25.5. The number of anilines is 2. The van der Waals surface area contributed by atoms with Crippen LogP contribution in [0.5, 0.6) is 0 Å². The summed E-state index contributed by atoms with van der Waals surface area (Å²) in [6.45, 7) is 5.51. The summed E-state index contributed by atoms with van der Waals surface area (Å²) in [6.07, 6.45) is 3.25. The van der Waals surface area contributed by atoms with Gasteiger partial charge in [-0.15, -0.1) is 0 Å². The van der Waals surface area contributed by atoms with Crippen molar-refractivity contribution < 1.29 is 15.0 Å². The molecule has 0 spiro atoms. The third-order valence-electron chi connectivity index (χ3n) is 7.73. The molecule has 36 heavy (non-hydrogen) atoms. The molecule has 1 heterocycles. The maximum atomic E-state index is 12.5. The number of carbonyl (C=O) groups is 1. The lowest BCUT2D eigenvalue weighted by Crippen LogP contribution is -2.44. The standard InChI is InChI=1S/C31H38N2O3/c1-3-23(4-2)30(35)32-28-15-16-29(24(21-28)22-34)33-19-17-27(18-20-33)31(36,25-11-7-5-8-12-25)26-13-9-6-10-14-26/h5-16,21,23,27,34,36H,3-4,17-20,22H2,1-2H3,(H,32,35). The fourth-order valence-corrected chi connectivity index (χ4v) is 5.56. The van der Waals surface area contributed by atoms with Gasteiger partial charge in [0.15, 0.2) is 0 Å². The second kappa shape index (κ2) is 11.7. The van der Waals surface area contributed by atoms with Crippen LogP contribution in [-0.2, 0) is 17.0 Å². The van der Waals surface area contributed by atoms with E-state index in [9.17, 15) is 15.0 Å². The predicted octanol–water partition coefficient (Wildman–Crippen LogP) is 5.71. The highest BCUT2D eigenvalue weighted by molar-refractivity contribution is 5.92. The third-order valence-corrected chi connectivity index (χ3v) is 7.73. The molecule has 4 rings (SSSR count). The number of amides is 1. The second-order valence-corrected chi connectivity index (χ2v) is 9.76. The number of benzene rings is 3. The molecule has 0 bridgehead atoms. The largest absolute Gasteiger partial charge is 0.392 e. The van der Waals surface area contributed by atoms with Crippen LogP contribution in [0, 0.1) is 11.8 Å². The van der Waals surface area contributed by atoms with Crippen molar-refractivity contribution in [3.05, 3.63) is 95.6 Å². The van der Waals surface area contributed by atoms with Crippen molar-refractivity contribution >= 4 is 17.3 Å². The van der Waals surface area contributed by atoms with Gasteiger partial charge in [0.2, 0.25) is 5.91 Å². The van der Waals surface area contributed by atoms with E-state index in [2.05, 4.69) is 10.2 Å². The Bertz CT molecular complexity index is 1080. The molecule has 3 aromatic carbocycles. The maximum absolute atomic E-state index is 12.5. The monoisotopic (exact) mass is 486 g/mol. The first-order chi connectivity index (χ1) is 17.5. The minimum Gasteiger partial charge on any atom is -0.392 e. The Hall–Kier alpha value is -3.15. The van der Waals surface area contributed by atoms with Gasteiger partial charge in [-0.25, -0.2) is 0 Å². The highest BCUT2D eigenvalue weighted by Gasteiger charge is 2.41. The van der Waals surface area contributed by atoms with Crippen LogP contribution in [0.4, 0.5) is 11.4 Å². The number of nitrogens with one attached hydrogen (secondary N) is 1. The quantitative estimate of drug-likeness (QED) is 0.362. The Balaban J connectivity index is 1.52. The summed E-state index contributed by atoms with van der Waals surface area (Å²) >= 11 is 0. The second-order valence-electron chi connectivity index (χ2n) is 9.76. The third kappa shape index (κ3) is 5.32. The fourth-order valence-electron chi connectivity index (χ4n) is 5.56. The van der Waals surface area contributed by atoms with E-state index >= 15 is 0 Å². The average Bonchev–Trinajstić information content (AvgIpc) is 2.94. The molecular formula is C31H38N2O3. The fraction of sp³-hybridized carbons (Fsp3) is 0.387. The molecular weight excluding hydrogens is 448 g/mol. The van der Waals surface area contributed by atoms with Crippen molar-refractivity contribution in [3.8, 4) is 0 Å². The average molecular weight is 487 g/mol. The van der Waals surface area contributed by atoms with E-state index in [1.54, 1.807) is 0 Å². The highest BCUT2D eigenvalue weighted by atomic mass is 16.3. The summed E-state index contributed by atoms with van der Waals surface area (Å²) < 4.78 is 0. The normalized spacial score (nSPS) is 14.8. The first kappa shape index (κ1) is 25.9. The van der Waals surface area contributed by atoms with Gasteiger partial charge < -0.3 is 20.4 Å². The molecule has 1 fully saturated rings. The number of piperidine rings is 1. The van der Waals surface area contributed by atoms with Crippen molar-refractivity contribution in [2.24, 2.45) is 11.8 Å². The summed E-state index contributed by atoms with van der Waals surface area (Å²) in [5.41, 5.74) is 3.29. The Morgan fingerprint density at radius 2 is 1.50 bits per heavy atom. The van der Waals surface area contributed by atoms with Crippen molar-refractivity contribution in [2.75, 3.05) is 23.3 Å². The van der Waals surface area contributed by atoms with Crippen LogP contribution in [0.2, 0.25) is 0 Å². The summed E-state index contributed by atoms with van der Waals surface area (Å²) in [6, 6.07) is 25.7. The van der Waals surface area contributed by atoms with Gasteiger partial charge in [0, 0.05) is 35.9 Å². The highest BCUT2D eigenvalue weighted by Crippen LogP contribution is 2.42. The molecule has 0 radical (unpaired) electrons. The van der Waals surface area contributed by atoms with Crippen molar-refractivity contribution in [1.82, 2.24) is 0 Å². The Labute approximate surface area is 214 Å². The topological polar surface area (TPSA) is 72.8 Å². The molecule has 0 unspecified atom stereocenters. The van der Waals surface area contributed by atoms with E-state index in [-0.39, 0.29) is 24.3 Å². The van der Waals surface area contributed by atoms with Gasteiger partial charge in [0.25, 0.3) is 0 Å². The minimum absolute atomic E-state index is 0.00532. The molecule has 1 aliphatic rings. The van der Waals surface area contributed by atoms with Crippen LogP contribution >= 0.6 is 0 Å². The van der Waals surface area contributed by atoms with Crippen molar-refractivity contribution in [2.45, 2.75) is 51.7 Å². The number of carbonyl (C=O) groups excluding carboxylic acids is 1. The molecule has 1 amide bonds. The van der Waals surface area contributed by atoms with E-state index in [0.29, 0.717) is 0 Å². The molecule has 190 valence electrons. The molecule has 5 heteroatoms. The maximum Gasteiger partial charge on any atom is 0.227 e. The van der Waals surface area contributed by atoms with Gasteiger partial charge in [0.1, 0.15) is 5.60 Å². The van der Waals surface area contributed by atoms with Crippen molar-refractivity contribution in [1.29, 1.82) is 0 Å². The van der Waals surface area contributed by atoms with Gasteiger partial charge in [-0.3, -0.25) is 4.79 Å². The first-order valence-electron chi connectivity index (χ1n) is 13.1. The van der Waals surface area contributed by atoms with Crippen molar-refractivity contribution in [3.63, 3.8) is 0 Å². The number of rotatable bonds is 9. The number of hydrogen-bond acceptors (Lipinski definition) is 4. The van der Waals surface area contributed by atoms with Gasteiger partial charge >= 0.3 is 0 Å². The number of aliphatic hydroxyl groups is 2. The van der Waals surface area contributed by atoms with Crippen LogP contribution < -0.4 is 10.2 Å². The molecule has 1 aliphatic heterocycles. The van der Waals surface area contributed by atoms with Gasteiger partial charge in [-0.05, 0) is 60.9 Å². The van der Waals surface area contributed by atoms with E-state index in [0.717, 1.165) is 66.8 Å². The van der Waals surface area contributed by atoms with Crippen LogP contribution in [0.3, 0.4) is 0 Å². The predicted molar refractivity (Wildman–Crippen MR) is 146 cm³/mol.